The summed E-state index contributed by atoms with van der Waals surface area (Å²) in [6, 6.07) is 13.6. The van der Waals surface area contributed by atoms with Gasteiger partial charge >= 0.3 is 6.03 Å². The number of amides is 2. The summed E-state index contributed by atoms with van der Waals surface area (Å²) in [5, 5.41) is 3.58. The van der Waals surface area contributed by atoms with Gasteiger partial charge in [0.15, 0.2) is 16.6 Å². The summed E-state index contributed by atoms with van der Waals surface area (Å²) in [4.78, 5) is 18.8. The number of hydrogen-bond donors (Lipinski definition) is 1. The van der Waals surface area contributed by atoms with Crippen LogP contribution in [0.15, 0.2) is 42.5 Å². The van der Waals surface area contributed by atoms with Crippen LogP contribution in [0.4, 0.5) is 9.93 Å². The van der Waals surface area contributed by atoms with Crippen LogP contribution in [0.3, 0.4) is 0 Å². The fourth-order valence-electron chi connectivity index (χ4n) is 3.11. The largest absolute Gasteiger partial charge is 0.454 e. The molecule has 0 bridgehead atoms. The summed E-state index contributed by atoms with van der Waals surface area (Å²) < 4.78 is 11.9. The zero-order chi connectivity index (χ0) is 16.1. The number of fused-ring (bicyclic) bond motifs is 3. The fourth-order valence-corrected chi connectivity index (χ4v) is 4.13. The van der Waals surface area contributed by atoms with E-state index in [0.717, 1.165) is 15.8 Å². The zero-order valence-electron chi connectivity index (χ0n) is 12.6. The fraction of sp³-hybridized carbons (Fsp3) is 0.176. The highest BCUT2D eigenvalue weighted by molar-refractivity contribution is 7.22. The lowest BCUT2D eigenvalue weighted by Crippen LogP contribution is -2.29. The Balaban J connectivity index is 1.61. The first-order valence-corrected chi connectivity index (χ1v) is 8.44. The number of rotatable bonds is 2. The van der Waals surface area contributed by atoms with Crippen LogP contribution in [-0.4, -0.2) is 24.4 Å². The summed E-state index contributed by atoms with van der Waals surface area (Å²) in [5.41, 5.74) is 1.83. The Morgan fingerprint density at radius 1 is 1.17 bits per heavy atom. The van der Waals surface area contributed by atoms with Gasteiger partial charge < -0.3 is 14.8 Å². The zero-order valence-corrected chi connectivity index (χ0v) is 13.4. The summed E-state index contributed by atoms with van der Waals surface area (Å²) in [7, 11) is 0. The summed E-state index contributed by atoms with van der Waals surface area (Å²) in [6.07, 6.45) is 0. The molecule has 6 nitrogen and oxygen atoms in total. The first-order valence-electron chi connectivity index (χ1n) is 7.62. The lowest BCUT2D eigenvalue weighted by molar-refractivity contribution is 0.174. The third-order valence-electron chi connectivity index (χ3n) is 4.25. The highest BCUT2D eigenvalue weighted by Crippen LogP contribution is 2.44. The van der Waals surface area contributed by atoms with Gasteiger partial charge in [-0.2, -0.15) is 0 Å². The van der Waals surface area contributed by atoms with Crippen LogP contribution in [0.25, 0.3) is 10.2 Å². The number of nitrogens with zero attached hydrogens (tertiary/aromatic N) is 2. The summed E-state index contributed by atoms with van der Waals surface area (Å²) in [5.74, 6) is 1.36. The molecule has 120 valence electrons. The number of carbonyl (C=O) groups excluding carboxylic acids is 1. The Labute approximate surface area is 141 Å². The van der Waals surface area contributed by atoms with Crippen molar-refractivity contribution in [3.63, 3.8) is 0 Å². The van der Waals surface area contributed by atoms with E-state index >= 15 is 0 Å². The van der Waals surface area contributed by atoms with Gasteiger partial charge in [0.1, 0.15) is 5.52 Å². The van der Waals surface area contributed by atoms with Gasteiger partial charge in [0.25, 0.3) is 0 Å². The number of benzene rings is 2. The molecular weight excluding hydrogens is 326 g/mol. The maximum Gasteiger partial charge on any atom is 0.324 e. The third-order valence-corrected chi connectivity index (χ3v) is 5.27. The van der Waals surface area contributed by atoms with Crippen molar-refractivity contribution in [3.8, 4) is 11.5 Å². The molecular formula is C17H13N3O3S. The molecule has 5 rings (SSSR count). The van der Waals surface area contributed by atoms with Crippen LogP contribution in [0.2, 0.25) is 0 Å². The van der Waals surface area contributed by atoms with Crippen LogP contribution >= 0.6 is 11.3 Å². The molecule has 24 heavy (non-hydrogen) atoms. The van der Waals surface area contributed by atoms with Gasteiger partial charge in [0, 0.05) is 6.54 Å². The molecule has 2 aromatic carbocycles. The number of carbonyl (C=O) groups is 1. The Kier molecular flexibility index (Phi) is 2.90. The maximum absolute atomic E-state index is 12.4. The van der Waals surface area contributed by atoms with Crippen molar-refractivity contribution >= 4 is 32.7 Å². The minimum Gasteiger partial charge on any atom is -0.454 e. The van der Waals surface area contributed by atoms with Crippen molar-refractivity contribution in [2.24, 2.45) is 0 Å². The molecule has 1 saturated heterocycles. The number of urea groups is 1. The lowest BCUT2D eigenvalue weighted by atomic mass is 10.1. The average Bonchev–Trinajstić information content (AvgIpc) is 3.31. The minimum absolute atomic E-state index is 0.0653. The van der Waals surface area contributed by atoms with E-state index in [4.69, 9.17) is 9.47 Å². The Morgan fingerprint density at radius 2 is 2.04 bits per heavy atom. The van der Waals surface area contributed by atoms with Crippen LogP contribution in [-0.2, 0) is 0 Å². The van der Waals surface area contributed by atoms with Crippen LogP contribution < -0.4 is 19.7 Å². The van der Waals surface area contributed by atoms with Gasteiger partial charge in [-0.3, -0.25) is 4.90 Å². The first kappa shape index (κ1) is 13.6. The van der Waals surface area contributed by atoms with Gasteiger partial charge in [-0.1, -0.05) is 41.7 Å². The second-order valence-electron chi connectivity index (χ2n) is 5.63. The Hall–Kier alpha value is -2.80. The average molecular weight is 339 g/mol. The number of nitrogens with one attached hydrogen (secondary N) is 1. The van der Waals surface area contributed by atoms with E-state index in [1.54, 1.807) is 4.90 Å². The molecule has 0 radical (unpaired) electrons. The first-order chi connectivity index (χ1) is 11.8. The summed E-state index contributed by atoms with van der Waals surface area (Å²) in [6.45, 7) is 0.772. The number of thiazole rings is 1. The highest BCUT2D eigenvalue weighted by Gasteiger charge is 2.35. The molecule has 7 heteroatoms. The van der Waals surface area contributed by atoms with E-state index in [1.807, 2.05) is 42.5 Å². The van der Waals surface area contributed by atoms with Gasteiger partial charge in [-0.15, -0.1) is 0 Å². The number of hydrogen-bond acceptors (Lipinski definition) is 5. The van der Waals surface area contributed by atoms with Crippen molar-refractivity contribution in [2.75, 3.05) is 18.2 Å². The molecule has 2 aliphatic heterocycles. The second-order valence-corrected chi connectivity index (χ2v) is 6.63. The number of anilines is 1. The maximum atomic E-state index is 12.4. The van der Waals surface area contributed by atoms with Crippen LogP contribution in [0.5, 0.6) is 11.5 Å². The van der Waals surface area contributed by atoms with E-state index in [9.17, 15) is 4.79 Å². The SMILES string of the molecule is O=C1NCC(c2ccccc2)N1c1nc2c3c(ccc2s1)OCO3. The van der Waals surface area contributed by atoms with Crippen molar-refractivity contribution in [2.45, 2.75) is 6.04 Å². The molecule has 1 N–H and O–H groups in total. The molecule has 0 aliphatic carbocycles. The molecule has 2 amide bonds. The predicted molar refractivity (Wildman–Crippen MR) is 90.8 cm³/mol. The van der Waals surface area contributed by atoms with E-state index in [-0.39, 0.29) is 18.9 Å². The number of ether oxygens (including phenoxy) is 2. The smallest absolute Gasteiger partial charge is 0.324 e. The van der Waals surface area contributed by atoms with E-state index in [2.05, 4.69) is 10.3 Å². The van der Waals surface area contributed by atoms with E-state index in [1.165, 1.54) is 11.3 Å². The van der Waals surface area contributed by atoms with Gasteiger partial charge in [-0.05, 0) is 17.7 Å². The van der Waals surface area contributed by atoms with Crippen LogP contribution in [0.1, 0.15) is 11.6 Å². The molecule has 2 aliphatic rings. The normalized spacial score (nSPS) is 19.1. The Morgan fingerprint density at radius 3 is 2.92 bits per heavy atom. The van der Waals surface area contributed by atoms with Crippen molar-refractivity contribution in [3.05, 3.63) is 48.0 Å². The third kappa shape index (κ3) is 1.94. The molecule has 1 aromatic heterocycles. The topological polar surface area (TPSA) is 63.7 Å². The molecule has 0 saturated carbocycles. The highest BCUT2D eigenvalue weighted by atomic mass is 32.1. The molecule has 3 heterocycles. The van der Waals surface area contributed by atoms with Crippen LogP contribution in [0, 0.1) is 0 Å². The molecule has 1 unspecified atom stereocenters. The number of aromatic nitrogens is 1. The molecule has 1 fully saturated rings. The van der Waals surface area contributed by atoms with E-state index in [0.29, 0.717) is 23.2 Å². The van der Waals surface area contributed by atoms with Gasteiger partial charge in [-0.25, -0.2) is 9.78 Å². The van der Waals surface area contributed by atoms with E-state index < -0.39 is 0 Å². The van der Waals surface area contributed by atoms with Gasteiger partial charge in [0.2, 0.25) is 6.79 Å². The molecule has 1 atom stereocenters. The quantitative estimate of drug-likeness (QED) is 0.778. The minimum atomic E-state index is -0.128. The molecule has 3 aromatic rings. The Bertz CT molecular complexity index is 941. The second kappa shape index (κ2) is 5.10. The van der Waals surface area contributed by atoms with Crippen molar-refractivity contribution in [1.29, 1.82) is 0 Å². The summed E-state index contributed by atoms with van der Waals surface area (Å²) >= 11 is 1.48. The lowest BCUT2D eigenvalue weighted by Gasteiger charge is -2.20. The molecule has 0 spiro atoms. The predicted octanol–water partition coefficient (Wildman–Crippen LogP) is 3.30. The van der Waals surface area contributed by atoms with Crippen molar-refractivity contribution in [1.82, 2.24) is 10.3 Å². The monoisotopic (exact) mass is 339 g/mol. The van der Waals surface area contributed by atoms with Gasteiger partial charge in [0.05, 0.1) is 10.7 Å². The standard InChI is InChI=1S/C17H13N3O3S/c21-16-18-8-11(10-4-2-1-3-5-10)20(16)17-19-14-13(24-17)7-6-12-15(14)23-9-22-12/h1-7,11H,8-9H2,(H,18,21). The van der Waals surface area contributed by atoms with Crippen molar-refractivity contribution < 1.29 is 14.3 Å².